The van der Waals surface area contributed by atoms with Crippen molar-refractivity contribution in [2.24, 2.45) is 0 Å². The van der Waals surface area contributed by atoms with Crippen molar-refractivity contribution in [3.05, 3.63) is 59.2 Å². The number of carbonyl (C=O) groups is 1. The lowest BCUT2D eigenvalue weighted by Crippen LogP contribution is -2.23. The predicted octanol–water partition coefficient (Wildman–Crippen LogP) is 3.07. The van der Waals surface area contributed by atoms with E-state index in [2.05, 4.69) is 15.5 Å². The standard InChI is InChI=1S/C19H19N3O4S/c1-12-5-8-15(9-6-12)27(24,25)11-17(23)20-19-22-21-18(26-19)16-10-13(2)4-7-14(16)3/h4-10H,11H2,1-3H3,(H,20,22,23). The fraction of sp³-hybridized carbons (Fsp3) is 0.211. The van der Waals surface area contributed by atoms with Gasteiger partial charge in [-0.3, -0.25) is 10.1 Å². The number of anilines is 1. The quantitative estimate of drug-likeness (QED) is 0.724. The van der Waals surface area contributed by atoms with Crippen LogP contribution in [0.1, 0.15) is 16.7 Å². The summed E-state index contributed by atoms with van der Waals surface area (Å²) < 4.78 is 30.1. The van der Waals surface area contributed by atoms with E-state index < -0.39 is 21.5 Å². The van der Waals surface area contributed by atoms with Crippen LogP contribution in [0.3, 0.4) is 0 Å². The number of hydrogen-bond donors (Lipinski definition) is 1. The Hall–Kier alpha value is -3.00. The SMILES string of the molecule is Cc1ccc(S(=O)(=O)CC(=O)Nc2nnc(-c3cc(C)ccc3C)o2)cc1. The Bertz CT molecular complexity index is 1090. The van der Waals surface area contributed by atoms with Crippen LogP contribution < -0.4 is 5.32 Å². The molecule has 3 aromatic rings. The molecular formula is C19H19N3O4S. The van der Waals surface area contributed by atoms with Crippen molar-refractivity contribution in [1.82, 2.24) is 10.2 Å². The number of sulfone groups is 1. The van der Waals surface area contributed by atoms with E-state index in [4.69, 9.17) is 4.42 Å². The van der Waals surface area contributed by atoms with Gasteiger partial charge in [-0.1, -0.05) is 40.5 Å². The minimum Gasteiger partial charge on any atom is -0.403 e. The van der Waals surface area contributed by atoms with Gasteiger partial charge in [-0.2, -0.15) is 0 Å². The van der Waals surface area contributed by atoms with E-state index >= 15 is 0 Å². The van der Waals surface area contributed by atoms with Gasteiger partial charge in [0.2, 0.25) is 11.8 Å². The molecule has 1 N–H and O–H groups in total. The highest BCUT2D eigenvalue weighted by molar-refractivity contribution is 7.92. The number of amides is 1. The van der Waals surface area contributed by atoms with Gasteiger partial charge in [0.05, 0.1) is 4.90 Å². The first kappa shape index (κ1) is 18.8. The molecule has 0 aliphatic carbocycles. The van der Waals surface area contributed by atoms with Crippen molar-refractivity contribution >= 4 is 21.8 Å². The van der Waals surface area contributed by atoms with Crippen LogP contribution in [0.15, 0.2) is 51.8 Å². The van der Waals surface area contributed by atoms with Crippen molar-refractivity contribution in [2.45, 2.75) is 25.7 Å². The summed E-state index contributed by atoms with van der Waals surface area (Å²) in [4.78, 5) is 12.2. The molecule has 0 atom stereocenters. The maximum absolute atomic E-state index is 12.3. The number of carbonyl (C=O) groups excluding carboxylic acids is 1. The number of nitrogens with zero attached hydrogens (tertiary/aromatic N) is 2. The van der Waals surface area contributed by atoms with E-state index in [0.717, 1.165) is 22.3 Å². The predicted molar refractivity (Wildman–Crippen MR) is 101 cm³/mol. The third kappa shape index (κ3) is 4.40. The highest BCUT2D eigenvalue weighted by Gasteiger charge is 2.21. The number of benzene rings is 2. The second-order valence-corrected chi connectivity index (χ2v) is 8.34. The van der Waals surface area contributed by atoms with Gasteiger partial charge in [-0.25, -0.2) is 8.42 Å². The summed E-state index contributed by atoms with van der Waals surface area (Å²) in [5.74, 6) is -1.20. The van der Waals surface area contributed by atoms with Crippen LogP contribution in [-0.2, 0) is 14.6 Å². The van der Waals surface area contributed by atoms with Crippen molar-refractivity contribution in [2.75, 3.05) is 11.1 Å². The summed E-state index contributed by atoms with van der Waals surface area (Å²) in [5.41, 5.74) is 3.67. The number of nitrogens with one attached hydrogen (secondary N) is 1. The zero-order chi connectivity index (χ0) is 19.6. The van der Waals surface area contributed by atoms with Crippen LogP contribution in [-0.4, -0.2) is 30.3 Å². The first-order chi connectivity index (χ1) is 12.7. The summed E-state index contributed by atoms with van der Waals surface area (Å²) in [6.07, 6.45) is 0. The Morgan fingerprint density at radius 3 is 2.37 bits per heavy atom. The molecule has 140 valence electrons. The second-order valence-electron chi connectivity index (χ2n) is 6.35. The Balaban J connectivity index is 1.73. The summed E-state index contributed by atoms with van der Waals surface area (Å²) in [6, 6.07) is 12.0. The Morgan fingerprint density at radius 1 is 1.00 bits per heavy atom. The number of aromatic nitrogens is 2. The summed E-state index contributed by atoms with van der Waals surface area (Å²) >= 11 is 0. The molecule has 3 rings (SSSR count). The van der Waals surface area contributed by atoms with Gasteiger partial charge in [0, 0.05) is 5.56 Å². The molecule has 0 aliphatic rings. The Labute approximate surface area is 157 Å². The molecule has 2 aromatic carbocycles. The smallest absolute Gasteiger partial charge is 0.322 e. The molecular weight excluding hydrogens is 366 g/mol. The molecule has 0 fully saturated rings. The highest BCUT2D eigenvalue weighted by Crippen LogP contribution is 2.24. The second kappa shape index (κ2) is 7.32. The fourth-order valence-corrected chi connectivity index (χ4v) is 3.64. The lowest BCUT2D eigenvalue weighted by molar-refractivity contribution is -0.114. The summed E-state index contributed by atoms with van der Waals surface area (Å²) in [7, 11) is -3.76. The van der Waals surface area contributed by atoms with E-state index in [9.17, 15) is 13.2 Å². The monoisotopic (exact) mass is 385 g/mol. The van der Waals surface area contributed by atoms with Gasteiger partial charge in [0.25, 0.3) is 0 Å². The lowest BCUT2D eigenvalue weighted by atomic mass is 10.1. The van der Waals surface area contributed by atoms with Gasteiger partial charge in [0.15, 0.2) is 9.84 Å². The zero-order valence-corrected chi connectivity index (χ0v) is 16.0. The highest BCUT2D eigenvalue weighted by atomic mass is 32.2. The van der Waals surface area contributed by atoms with Crippen LogP contribution in [0, 0.1) is 20.8 Å². The maximum atomic E-state index is 12.3. The van der Waals surface area contributed by atoms with E-state index in [1.807, 2.05) is 39.0 Å². The largest absolute Gasteiger partial charge is 0.403 e. The van der Waals surface area contributed by atoms with Gasteiger partial charge < -0.3 is 4.42 Å². The molecule has 8 heteroatoms. The van der Waals surface area contributed by atoms with Crippen molar-refractivity contribution in [1.29, 1.82) is 0 Å². The molecule has 1 amide bonds. The summed E-state index contributed by atoms with van der Waals surface area (Å²) in [5, 5.41) is 10.0. The van der Waals surface area contributed by atoms with Gasteiger partial charge in [-0.15, -0.1) is 5.10 Å². The van der Waals surface area contributed by atoms with Crippen LogP contribution in [0.25, 0.3) is 11.5 Å². The molecule has 0 bridgehead atoms. The van der Waals surface area contributed by atoms with Gasteiger partial charge in [0.1, 0.15) is 5.75 Å². The van der Waals surface area contributed by atoms with E-state index in [-0.39, 0.29) is 16.8 Å². The first-order valence-corrected chi connectivity index (χ1v) is 9.90. The minimum atomic E-state index is -3.76. The molecule has 0 unspecified atom stereocenters. The molecule has 0 saturated carbocycles. The van der Waals surface area contributed by atoms with Crippen LogP contribution in [0.5, 0.6) is 0 Å². The average molecular weight is 385 g/mol. The van der Waals surface area contributed by atoms with Crippen molar-refractivity contribution in [3.63, 3.8) is 0 Å². The van der Waals surface area contributed by atoms with Crippen LogP contribution in [0.4, 0.5) is 6.01 Å². The number of hydrogen-bond acceptors (Lipinski definition) is 6. The molecule has 0 radical (unpaired) electrons. The lowest BCUT2D eigenvalue weighted by Gasteiger charge is -2.04. The summed E-state index contributed by atoms with van der Waals surface area (Å²) in [6.45, 7) is 5.70. The third-order valence-electron chi connectivity index (χ3n) is 4.00. The maximum Gasteiger partial charge on any atom is 0.322 e. The minimum absolute atomic E-state index is 0.0878. The zero-order valence-electron chi connectivity index (χ0n) is 15.2. The molecule has 0 spiro atoms. The molecule has 1 aromatic heterocycles. The third-order valence-corrected chi connectivity index (χ3v) is 5.63. The topological polar surface area (TPSA) is 102 Å². The van der Waals surface area contributed by atoms with E-state index in [0.29, 0.717) is 0 Å². The number of rotatable bonds is 5. The number of aryl methyl sites for hydroxylation is 3. The fourth-order valence-electron chi connectivity index (χ4n) is 2.51. The molecule has 27 heavy (non-hydrogen) atoms. The first-order valence-electron chi connectivity index (χ1n) is 8.25. The van der Waals surface area contributed by atoms with Gasteiger partial charge in [-0.05, 0) is 44.5 Å². The normalized spacial score (nSPS) is 11.4. The molecule has 1 heterocycles. The van der Waals surface area contributed by atoms with Crippen LogP contribution in [0.2, 0.25) is 0 Å². The van der Waals surface area contributed by atoms with Crippen molar-refractivity contribution in [3.8, 4) is 11.5 Å². The Morgan fingerprint density at radius 2 is 1.67 bits per heavy atom. The molecule has 7 nitrogen and oxygen atoms in total. The van der Waals surface area contributed by atoms with Gasteiger partial charge >= 0.3 is 6.01 Å². The average Bonchev–Trinajstić information content (AvgIpc) is 3.05. The Kier molecular flexibility index (Phi) is 5.09. The van der Waals surface area contributed by atoms with E-state index in [1.165, 1.54) is 12.1 Å². The van der Waals surface area contributed by atoms with E-state index in [1.54, 1.807) is 12.1 Å². The molecule has 0 saturated heterocycles. The van der Waals surface area contributed by atoms with Crippen molar-refractivity contribution < 1.29 is 17.6 Å². The van der Waals surface area contributed by atoms with Crippen LogP contribution >= 0.6 is 0 Å². The molecule has 0 aliphatic heterocycles.